The standard InChI is InChI=1S/C11H21NO/c12-9-11(6-2-1-3-7-11)13-8-10-4-5-10/h10H,1-9,12H2. The van der Waals surface area contributed by atoms with Crippen LogP contribution in [0.4, 0.5) is 0 Å². The fourth-order valence-corrected chi connectivity index (χ4v) is 2.18. The SMILES string of the molecule is NCC1(OCC2CC2)CCCCC1. The van der Waals surface area contributed by atoms with Gasteiger partial charge in [0, 0.05) is 6.54 Å². The minimum absolute atomic E-state index is 0.0703. The molecule has 0 aromatic rings. The molecule has 2 aliphatic carbocycles. The highest BCUT2D eigenvalue weighted by Gasteiger charge is 2.33. The summed E-state index contributed by atoms with van der Waals surface area (Å²) in [4.78, 5) is 0. The highest BCUT2D eigenvalue weighted by molar-refractivity contribution is 4.86. The first-order valence-corrected chi connectivity index (χ1v) is 5.69. The number of ether oxygens (including phenoxy) is 1. The molecule has 0 unspecified atom stereocenters. The van der Waals surface area contributed by atoms with Crippen molar-refractivity contribution in [1.29, 1.82) is 0 Å². The van der Waals surface area contributed by atoms with Crippen LogP contribution in [0.5, 0.6) is 0 Å². The molecule has 2 heteroatoms. The van der Waals surface area contributed by atoms with E-state index in [4.69, 9.17) is 10.5 Å². The van der Waals surface area contributed by atoms with Gasteiger partial charge in [-0.05, 0) is 31.6 Å². The van der Waals surface area contributed by atoms with Crippen LogP contribution in [0, 0.1) is 5.92 Å². The molecular weight excluding hydrogens is 162 g/mol. The Bertz CT molecular complexity index is 159. The minimum Gasteiger partial charge on any atom is -0.373 e. The lowest BCUT2D eigenvalue weighted by molar-refractivity contribution is -0.0675. The van der Waals surface area contributed by atoms with Crippen LogP contribution in [0.25, 0.3) is 0 Å². The summed E-state index contributed by atoms with van der Waals surface area (Å²) in [7, 11) is 0. The second-order valence-corrected chi connectivity index (χ2v) is 4.70. The molecule has 2 rings (SSSR count). The first kappa shape index (κ1) is 9.47. The highest BCUT2D eigenvalue weighted by Crippen LogP contribution is 2.35. The molecule has 76 valence electrons. The van der Waals surface area contributed by atoms with E-state index >= 15 is 0 Å². The number of rotatable bonds is 4. The van der Waals surface area contributed by atoms with Crippen LogP contribution >= 0.6 is 0 Å². The van der Waals surface area contributed by atoms with Gasteiger partial charge in [0.25, 0.3) is 0 Å². The topological polar surface area (TPSA) is 35.2 Å². The smallest absolute Gasteiger partial charge is 0.0804 e. The summed E-state index contributed by atoms with van der Waals surface area (Å²) in [6.45, 7) is 1.69. The van der Waals surface area contributed by atoms with Crippen molar-refractivity contribution < 1.29 is 4.74 Å². The fourth-order valence-electron chi connectivity index (χ4n) is 2.18. The van der Waals surface area contributed by atoms with Gasteiger partial charge in [-0.25, -0.2) is 0 Å². The molecule has 13 heavy (non-hydrogen) atoms. The average Bonchev–Trinajstić information content (AvgIpc) is 3.00. The lowest BCUT2D eigenvalue weighted by atomic mass is 9.84. The van der Waals surface area contributed by atoms with Crippen molar-refractivity contribution in [3.05, 3.63) is 0 Å². The van der Waals surface area contributed by atoms with E-state index in [9.17, 15) is 0 Å². The van der Waals surface area contributed by atoms with E-state index in [0.717, 1.165) is 19.1 Å². The highest BCUT2D eigenvalue weighted by atomic mass is 16.5. The monoisotopic (exact) mass is 183 g/mol. The van der Waals surface area contributed by atoms with Crippen LogP contribution < -0.4 is 5.73 Å². The van der Waals surface area contributed by atoms with Gasteiger partial charge in [-0.1, -0.05) is 19.3 Å². The summed E-state index contributed by atoms with van der Waals surface area (Å²) < 4.78 is 6.02. The normalized spacial score (nSPS) is 27.5. The average molecular weight is 183 g/mol. The molecule has 0 saturated heterocycles. The molecule has 0 heterocycles. The Morgan fingerprint density at radius 2 is 1.85 bits per heavy atom. The Kier molecular flexibility index (Phi) is 2.89. The van der Waals surface area contributed by atoms with E-state index in [1.54, 1.807) is 0 Å². The van der Waals surface area contributed by atoms with Gasteiger partial charge in [0.1, 0.15) is 0 Å². The molecule has 0 aromatic carbocycles. The quantitative estimate of drug-likeness (QED) is 0.724. The first-order valence-electron chi connectivity index (χ1n) is 5.69. The maximum atomic E-state index is 6.02. The van der Waals surface area contributed by atoms with Crippen molar-refractivity contribution in [2.75, 3.05) is 13.2 Å². The largest absolute Gasteiger partial charge is 0.373 e. The number of nitrogens with two attached hydrogens (primary N) is 1. The molecule has 0 radical (unpaired) electrons. The van der Waals surface area contributed by atoms with E-state index in [0.29, 0.717) is 0 Å². The molecule has 0 amide bonds. The van der Waals surface area contributed by atoms with Gasteiger partial charge in [0.05, 0.1) is 12.2 Å². The van der Waals surface area contributed by atoms with E-state index in [1.807, 2.05) is 0 Å². The Balaban J connectivity index is 1.80. The molecule has 2 aliphatic rings. The zero-order valence-electron chi connectivity index (χ0n) is 8.43. The molecule has 0 aromatic heterocycles. The third-order valence-electron chi connectivity index (χ3n) is 3.46. The number of hydrogen-bond donors (Lipinski definition) is 1. The van der Waals surface area contributed by atoms with Gasteiger partial charge in [-0.2, -0.15) is 0 Å². The predicted molar refractivity (Wildman–Crippen MR) is 53.5 cm³/mol. The number of hydrogen-bond acceptors (Lipinski definition) is 2. The lowest BCUT2D eigenvalue weighted by Gasteiger charge is -2.36. The zero-order chi connectivity index (χ0) is 9.15. The summed E-state index contributed by atoms with van der Waals surface area (Å²) in [5.41, 5.74) is 5.89. The van der Waals surface area contributed by atoms with Gasteiger partial charge in [0.15, 0.2) is 0 Å². The second-order valence-electron chi connectivity index (χ2n) is 4.70. The van der Waals surface area contributed by atoms with E-state index in [-0.39, 0.29) is 5.60 Å². The van der Waals surface area contributed by atoms with Crippen molar-refractivity contribution in [2.45, 2.75) is 50.5 Å². The van der Waals surface area contributed by atoms with E-state index < -0.39 is 0 Å². The first-order chi connectivity index (χ1) is 6.35. The van der Waals surface area contributed by atoms with Crippen molar-refractivity contribution in [2.24, 2.45) is 11.7 Å². The van der Waals surface area contributed by atoms with Gasteiger partial charge in [-0.15, -0.1) is 0 Å². The van der Waals surface area contributed by atoms with Crippen molar-refractivity contribution >= 4 is 0 Å². The molecule has 0 atom stereocenters. The molecule has 0 bridgehead atoms. The van der Waals surface area contributed by atoms with Crippen LogP contribution in [0.3, 0.4) is 0 Å². The van der Waals surface area contributed by atoms with Gasteiger partial charge >= 0.3 is 0 Å². The van der Waals surface area contributed by atoms with Crippen LogP contribution in [-0.4, -0.2) is 18.8 Å². The second kappa shape index (κ2) is 3.97. The Morgan fingerprint density at radius 3 is 2.38 bits per heavy atom. The lowest BCUT2D eigenvalue weighted by Crippen LogP contribution is -2.43. The summed E-state index contributed by atoms with van der Waals surface area (Å²) in [6.07, 6.45) is 9.12. The van der Waals surface area contributed by atoms with Crippen LogP contribution in [0.15, 0.2) is 0 Å². The summed E-state index contributed by atoms with van der Waals surface area (Å²) >= 11 is 0. The van der Waals surface area contributed by atoms with Gasteiger partial charge < -0.3 is 10.5 Å². The summed E-state index contributed by atoms with van der Waals surface area (Å²) in [5, 5.41) is 0. The van der Waals surface area contributed by atoms with Crippen molar-refractivity contribution in [3.63, 3.8) is 0 Å². The fraction of sp³-hybridized carbons (Fsp3) is 1.00. The van der Waals surface area contributed by atoms with Crippen molar-refractivity contribution in [3.8, 4) is 0 Å². The van der Waals surface area contributed by atoms with Gasteiger partial charge in [-0.3, -0.25) is 0 Å². The Morgan fingerprint density at radius 1 is 1.15 bits per heavy atom. The molecule has 2 saturated carbocycles. The van der Waals surface area contributed by atoms with Crippen LogP contribution in [0.2, 0.25) is 0 Å². The van der Waals surface area contributed by atoms with E-state index in [2.05, 4.69) is 0 Å². The molecule has 0 spiro atoms. The van der Waals surface area contributed by atoms with Crippen molar-refractivity contribution in [1.82, 2.24) is 0 Å². The van der Waals surface area contributed by atoms with Crippen LogP contribution in [-0.2, 0) is 4.74 Å². The Labute approximate surface area is 80.8 Å². The van der Waals surface area contributed by atoms with Gasteiger partial charge in [0.2, 0.25) is 0 Å². The maximum absolute atomic E-state index is 6.02. The Hall–Kier alpha value is -0.0800. The van der Waals surface area contributed by atoms with Crippen LogP contribution in [0.1, 0.15) is 44.9 Å². The molecular formula is C11H21NO. The molecule has 2 N–H and O–H groups in total. The predicted octanol–water partition coefficient (Wildman–Crippen LogP) is 2.07. The third-order valence-corrected chi connectivity index (χ3v) is 3.46. The third kappa shape index (κ3) is 2.44. The molecule has 0 aliphatic heterocycles. The summed E-state index contributed by atoms with van der Waals surface area (Å²) in [5.74, 6) is 0.866. The van der Waals surface area contributed by atoms with E-state index in [1.165, 1.54) is 44.9 Å². The zero-order valence-corrected chi connectivity index (χ0v) is 8.43. The minimum atomic E-state index is 0.0703. The maximum Gasteiger partial charge on any atom is 0.0804 e. The summed E-state index contributed by atoms with van der Waals surface area (Å²) in [6, 6.07) is 0. The molecule has 2 fully saturated rings. The molecule has 2 nitrogen and oxygen atoms in total.